The Hall–Kier alpha value is -0.830. The Bertz CT molecular complexity index is 1680. The van der Waals surface area contributed by atoms with Gasteiger partial charge in [-0.25, -0.2) is 42.1 Å². The lowest BCUT2D eigenvalue weighted by Crippen LogP contribution is -2.18. The molecule has 0 aromatic heterocycles. The van der Waals surface area contributed by atoms with Gasteiger partial charge in [-0.3, -0.25) is 0 Å². The van der Waals surface area contributed by atoms with E-state index >= 15 is 0 Å². The summed E-state index contributed by atoms with van der Waals surface area (Å²) >= 11 is 0. The van der Waals surface area contributed by atoms with Crippen molar-refractivity contribution < 1.29 is 55.3 Å². The van der Waals surface area contributed by atoms with Crippen molar-refractivity contribution in [2.24, 2.45) is 0 Å². The fraction of sp³-hybridized carbons (Fsp3) is 0.333. The lowest BCUT2D eigenvalue weighted by molar-refractivity contribution is -0.106. The highest BCUT2D eigenvalue weighted by molar-refractivity contribution is 8.16. The molecule has 0 heterocycles. The molecule has 0 N–H and O–H groups in total. The quantitative estimate of drug-likeness (QED) is 0.304. The van der Waals surface area contributed by atoms with E-state index in [1.54, 1.807) is 36.4 Å². The second-order valence-electron chi connectivity index (χ2n) is 7.86. The summed E-state index contributed by atoms with van der Waals surface area (Å²) in [5.41, 5.74) is 1.52. The molecule has 2 rings (SSSR count). The molecule has 0 spiro atoms. The summed E-state index contributed by atoms with van der Waals surface area (Å²) in [5.74, 6) is -2.07. The molecular formula is C21H26Cl5F3O10S5. The van der Waals surface area contributed by atoms with Gasteiger partial charge in [0.15, 0.2) is 5.75 Å². The van der Waals surface area contributed by atoms with Gasteiger partial charge in [0, 0.05) is 58.8 Å². The lowest BCUT2D eigenvalue weighted by atomic mass is 10.2. The van der Waals surface area contributed by atoms with Crippen LogP contribution >= 0.6 is 53.4 Å². The number of hydrogen-bond acceptors (Lipinski definition) is 10. The highest BCUT2D eigenvalue weighted by Crippen LogP contribution is 2.18. The molecule has 2 aromatic rings. The van der Waals surface area contributed by atoms with E-state index in [0.717, 1.165) is 17.2 Å². The van der Waals surface area contributed by atoms with Crippen molar-refractivity contribution in [2.45, 2.75) is 31.0 Å². The Labute approximate surface area is 278 Å². The molecule has 0 unspecified atom stereocenters. The van der Waals surface area contributed by atoms with Crippen LogP contribution in [0, 0.1) is 0 Å². The summed E-state index contributed by atoms with van der Waals surface area (Å²) in [6.07, 6.45) is -2.36. The van der Waals surface area contributed by atoms with E-state index in [1.807, 2.05) is 24.3 Å². The second-order valence-corrected chi connectivity index (χ2v) is 22.2. The maximum atomic E-state index is 11.1. The van der Waals surface area contributed by atoms with Crippen molar-refractivity contribution in [1.82, 2.24) is 0 Å². The van der Waals surface area contributed by atoms with Gasteiger partial charge in [0.25, 0.3) is 9.05 Å². The van der Waals surface area contributed by atoms with Crippen LogP contribution < -0.4 is 0 Å². The third kappa shape index (κ3) is 45.6. The summed E-state index contributed by atoms with van der Waals surface area (Å²) < 4.78 is 134. The fourth-order valence-corrected chi connectivity index (χ4v) is 3.90. The summed E-state index contributed by atoms with van der Waals surface area (Å²) in [4.78, 5) is 0. The van der Waals surface area contributed by atoms with Crippen LogP contribution in [-0.2, 0) is 51.0 Å². The summed E-state index contributed by atoms with van der Waals surface area (Å²) in [7, 11) is 5.79. The van der Waals surface area contributed by atoms with Crippen molar-refractivity contribution in [2.75, 3.05) is 12.0 Å². The third-order valence-corrected chi connectivity index (χ3v) is 8.27. The average molecular weight is 833 g/mol. The molecule has 23 heteroatoms. The first kappa shape index (κ1) is 47.6. The summed E-state index contributed by atoms with van der Waals surface area (Å²) in [6.45, 7) is 3.06. The Balaban J connectivity index is -0.000000493. The molecule has 0 atom stereocenters. The minimum absolute atomic E-state index is 0.102. The van der Waals surface area contributed by atoms with E-state index in [4.69, 9.17) is 32.0 Å². The number of halogens is 8. The van der Waals surface area contributed by atoms with Crippen molar-refractivity contribution in [3.05, 3.63) is 77.2 Å². The van der Waals surface area contributed by atoms with Crippen molar-refractivity contribution in [1.29, 1.82) is 0 Å². The van der Waals surface area contributed by atoms with Crippen LogP contribution in [0.1, 0.15) is 25.0 Å². The standard InChI is InChI=1S/C8H7ClO2S.C7H7ClO2S.C3H7ClO2S.C2H2ClF3O2S.CH3ClO2S/c9-12(10,11)7-6-8-4-2-1-3-5-8;8-11(9,10)6-7-4-2-1-3-5-7;1-3(2)7(4,5)6;3-9(7,8)1-2(4,5)6;1-5(2,3)4/h1-7H;1-5H,6H2;3H,1-2H3;1H2;1H3. The van der Waals surface area contributed by atoms with Gasteiger partial charge in [-0.15, -0.1) is 0 Å². The van der Waals surface area contributed by atoms with E-state index in [0.29, 0.717) is 5.56 Å². The van der Waals surface area contributed by atoms with Gasteiger partial charge in [-0.05, 0) is 31.1 Å². The maximum Gasteiger partial charge on any atom is 0.404 e. The zero-order valence-electron chi connectivity index (χ0n) is 22.6. The SMILES string of the molecule is CC(C)S(=O)(=O)Cl.CS(=O)(=O)Cl.O=S(=O)(Cl)C=Cc1ccccc1.O=S(=O)(Cl)CC(F)(F)F.O=S(=O)(Cl)Cc1ccccc1. The van der Waals surface area contributed by atoms with E-state index in [2.05, 4.69) is 21.4 Å². The molecule has 44 heavy (non-hydrogen) atoms. The smallest absolute Gasteiger partial charge is 0.213 e. The minimum Gasteiger partial charge on any atom is -0.213 e. The summed E-state index contributed by atoms with van der Waals surface area (Å²) in [6, 6.07) is 17.9. The van der Waals surface area contributed by atoms with Crippen LogP contribution in [0.3, 0.4) is 0 Å². The molecule has 0 bridgehead atoms. The van der Waals surface area contributed by atoms with Crippen LogP contribution in [0.5, 0.6) is 0 Å². The maximum absolute atomic E-state index is 11.1. The molecule has 2 aromatic carbocycles. The molecule has 0 aliphatic carbocycles. The predicted octanol–water partition coefficient (Wildman–Crippen LogP) is 6.25. The Morgan fingerprint density at radius 3 is 1.25 bits per heavy atom. The lowest BCUT2D eigenvalue weighted by Gasteiger charge is -2.00. The molecule has 0 amide bonds. The number of benzene rings is 2. The molecule has 0 radical (unpaired) electrons. The highest BCUT2D eigenvalue weighted by atomic mass is 35.7. The zero-order chi connectivity index (χ0) is 35.6. The average Bonchev–Trinajstić information content (AvgIpc) is 2.75. The topological polar surface area (TPSA) is 171 Å². The molecule has 256 valence electrons. The van der Waals surface area contributed by atoms with Crippen LogP contribution in [0.25, 0.3) is 6.08 Å². The Morgan fingerprint density at radius 1 is 0.682 bits per heavy atom. The van der Waals surface area contributed by atoms with E-state index < -0.39 is 62.4 Å². The van der Waals surface area contributed by atoms with Crippen LogP contribution in [0.4, 0.5) is 13.2 Å². The van der Waals surface area contributed by atoms with E-state index in [9.17, 15) is 55.3 Å². The minimum atomic E-state index is -4.74. The van der Waals surface area contributed by atoms with Crippen molar-refractivity contribution >= 4 is 105 Å². The van der Waals surface area contributed by atoms with Gasteiger partial charge in [-0.2, -0.15) is 13.2 Å². The van der Waals surface area contributed by atoms with Crippen LogP contribution in [-0.4, -0.2) is 65.5 Å². The number of hydrogen-bond donors (Lipinski definition) is 0. The van der Waals surface area contributed by atoms with Gasteiger partial charge >= 0.3 is 6.18 Å². The molecule has 10 nitrogen and oxygen atoms in total. The van der Waals surface area contributed by atoms with Crippen LogP contribution in [0.2, 0.25) is 0 Å². The zero-order valence-corrected chi connectivity index (χ0v) is 30.4. The third-order valence-electron chi connectivity index (χ3n) is 3.30. The van der Waals surface area contributed by atoms with Crippen molar-refractivity contribution in [3.8, 4) is 0 Å². The largest absolute Gasteiger partial charge is 0.404 e. The molecule has 0 saturated carbocycles. The van der Waals surface area contributed by atoms with Crippen molar-refractivity contribution in [3.63, 3.8) is 0 Å². The molecular weight excluding hydrogens is 807 g/mol. The highest BCUT2D eigenvalue weighted by Gasteiger charge is 2.33. The first-order valence-corrected chi connectivity index (χ1v) is 23.2. The van der Waals surface area contributed by atoms with Gasteiger partial charge in [0.2, 0.25) is 36.2 Å². The molecule has 0 saturated heterocycles. The first-order valence-electron chi connectivity index (χ1n) is 10.8. The fourth-order valence-electron chi connectivity index (χ4n) is 1.69. The monoisotopic (exact) mass is 830 g/mol. The Morgan fingerprint density at radius 2 is 1.02 bits per heavy atom. The van der Waals surface area contributed by atoms with Gasteiger partial charge in [-0.1, -0.05) is 60.7 Å². The Kier molecular flexibility index (Phi) is 22.8. The number of alkyl halides is 3. The van der Waals surface area contributed by atoms with Gasteiger partial charge in [0.1, 0.15) is 0 Å². The van der Waals surface area contributed by atoms with E-state index in [1.165, 1.54) is 19.9 Å². The summed E-state index contributed by atoms with van der Waals surface area (Å²) in [5, 5.41) is 0.498. The molecule has 0 aliphatic heterocycles. The predicted molar refractivity (Wildman–Crippen MR) is 171 cm³/mol. The molecule has 0 aliphatic rings. The number of rotatable bonds is 6. The van der Waals surface area contributed by atoms with Gasteiger partial charge in [0.05, 0.1) is 17.3 Å². The van der Waals surface area contributed by atoms with Crippen LogP contribution in [0.15, 0.2) is 66.1 Å². The normalized spacial score (nSPS) is 12.3. The van der Waals surface area contributed by atoms with E-state index in [-0.39, 0.29) is 5.75 Å². The molecule has 0 fully saturated rings. The first-order chi connectivity index (χ1) is 19.3. The second kappa shape index (κ2) is 21.1. The van der Waals surface area contributed by atoms with Gasteiger partial charge < -0.3 is 0 Å².